The topological polar surface area (TPSA) is 63.2 Å². The molecule has 3 aromatic rings. The fourth-order valence-corrected chi connectivity index (χ4v) is 4.78. The molecule has 1 amide bonds. The van der Waals surface area contributed by atoms with E-state index in [2.05, 4.69) is 27.5 Å². The Bertz CT molecular complexity index is 1340. The Hall–Kier alpha value is -3.42. The van der Waals surface area contributed by atoms with Crippen molar-refractivity contribution < 1.29 is 18.8 Å². The normalized spacial score (nSPS) is 15.4. The zero-order chi connectivity index (χ0) is 29.2. The summed E-state index contributed by atoms with van der Waals surface area (Å²) >= 11 is 6.25. The van der Waals surface area contributed by atoms with Crippen molar-refractivity contribution in [2.75, 3.05) is 26.7 Å². The van der Waals surface area contributed by atoms with Gasteiger partial charge in [0.05, 0.1) is 11.1 Å². The number of benzene rings is 3. The number of amides is 1. The van der Waals surface area contributed by atoms with Gasteiger partial charge in [-0.05, 0) is 98.8 Å². The second-order valence-corrected chi connectivity index (χ2v) is 10.5. The molecule has 6 rings (SSSR count). The van der Waals surface area contributed by atoms with Gasteiger partial charge in [-0.25, -0.2) is 4.39 Å². The minimum Gasteiger partial charge on any atom is -0.489 e. The molecule has 1 saturated carbocycles. The van der Waals surface area contributed by atoms with Crippen LogP contribution in [0.5, 0.6) is 5.75 Å². The Morgan fingerprint density at radius 2 is 1.80 bits per heavy atom. The van der Waals surface area contributed by atoms with E-state index >= 15 is 0 Å². The van der Waals surface area contributed by atoms with Gasteiger partial charge in [-0.2, -0.15) is 0 Å². The number of likely N-dealkylation sites (tertiary alicyclic amines) is 1. The summed E-state index contributed by atoms with van der Waals surface area (Å²) in [5.74, 6) is 0.297. The highest BCUT2D eigenvalue weighted by Gasteiger charge is 2.24. The molecule has 2 fully saturated rings. The van der Waals surface area contributed by atoms with Crippen molar-refractivity contribution in [1.29, 1.82) is 0 Å². The van der Waals surface area contributed by atoms with Crippen LogP contribution in [0.2, 0.25) is 5.02 Å². The molecule has 218 valence electrons. The highest BCUT2D eigenvalue weighted by atomic mass is 35.5. The van der Waals surface area contributed by atoms with Gasteiger partial charge in [0.15, 0.2) is 5.71 Å². The van der Waals surface area contributed by atoms with Crippen LogP contribution in [0.15, 0.2) is 65.8 Å². The monoisotopic (exact) mass is 579 g/mol. The van der Waals surface area contributed by atoms with Gasteiger partial charge in [-0.15, -0.1) is 0 Å². The van der Waals surface area contributed by atoms with Crippen LogP contribution in [0.25, 0.3) is 11.1 Å². The van der Waals surface area contributed by atoms with E-state index in [0.29, 0.717) is 12.7 Å². The van der Waals surface area contributed by atoms with Crippen molar-refractivity contribution in [3.63, 3.8) is 0 Å². The number of aryl methyl sites for hydroxylation is 1. The first-order valence-corrected chi connectivity index (χ1v) is 14.9. The molecule has 1 N–H and O–H groups in total. The van der Waals surface area contributed by atoms with Crippen LogP contribution in [0.3, 0.4) is 0 Å². The van der Waals surface area contributed by atoms with Crippen LogP contribution in [0, 0.1) is 5.82 Å². The Morgan fingerprint density at radius 1 is 1.07 bits per heavy atom. The smallest absolute Gasteiger partial charge is 0.273 e. The maximum absolute atomic E-state index is 13.0. The standard InChI is InChI=1S/C16H13FN2O2.C15H20ClNO.C2H6/c1-18-16(20)15-14-7-4-11(8-12(14)9-21-19-15)10-2-5-13(17)6-3-10;16-14-11-12(3-1-8-17-9-2-10-17)4-7-15(14)18-13-5-6-13;1-2/h2-8H,9H2,1H3,(H,18,20);4,7,11,13H,1-3,5-6,8-10H2;1-2H3. The highest BCUT2D eigenvalue weighted by Crippen LogP contribution is 2.32. The molecule has 2 heterocycles. The first-order chi connectivity index (χ1) is 20.0. The molecule has 0 unspecified atom stereocenters. The third-order valence-corrected chi connectivity index (χ3v) is 7.35. The number of carbonyl (C=O) groups is 1. The zero-order valence-electron chi connectivity index (χ0n) is 24.1. The van der Waals surface area contributed by atoms with Crippen molar-refractivity contribution in [3.05, 3.63) is 88.2 Å². The molecular formula is C33H39ClFN3O3. The van der Waals surface area contributed by atoms with Gasteiger partial charge in [0.1, 0.15) is 18.2 Å². The number of likely N-dealkylation sites (N-methyl/N-ethyl adjacent to an activating group) is 1. The maximum atomic E-state index is 13.0. The van der Waals surface area contributed by atoms with Crippen LogP contribution < -0.4 is 10.1 Å². The number of oxime groups is 1. The molecule has 6 nitrogen and oxygen atoms in total. The lowest BCUT2D eigenvalue weighted by Crippen LogP contribution is -2.37. The largest absolute Gasteiger partial charge is 0.489 e. The molecule has 0 spiro atoms. The Kier molecular flexibility index (Phi) is 11.2. The third-order valence-electron chi connectivity index (χ3n) is 7.06. The quantitative estimate of drug-likeness (QED) is 0.311. The average molecular weight is 580 g/mol. The molecule has 41 heavy (non-hydrogen) atoms. The first kappa shape index (κ1) is 30.5. The lowest BCUT2D eigenvalue weighted by Gasteiger charge is -2.30. The van der Waals surface area contributed by atoms with Crippen molar-refractivity contribution in [2.45, 2.75) is 58.7 Å². The molecule has 3 aromatic carbocycles. The third kappa shape index (κ3) is 8.54. The zero-order valence-corrected chi connectivity index (χ0v) is 24.8. The first-order valence-electron chi connectivity index (χ1n) is 14.5. The minimum atomic E-state index is -0.287. The number of carbonyl (C=O) groups excluding carboxylic acids is 1. The summed E-state index contributed by atoms with van der Waals surface area (Å²) in [6.07, 6.45) is 6.47. The molecule has 0 aromatic heterocycles. The van der Waals surface area contributed by atoms with Gasteiger partial charge >= 0.3 is 0 Å². The van der Waals surface area contributed by atoms with E-state index in [9.17, 15) is 9.18 Å². The number of nitrogens with zero attached hydrogens (tertiary/aromatic N) is 2. The minimum absolute atomic E-state index is 0.268. The predicted molar refractivity (Wildman–Crippen MR) is 163 cm³/mol. The van der Waals surface area contributed by atoms with Gasteiger partial charge < -0.3 is 19.8 Å². The summed E-state index contributed by atoms with van der Waals surface area (Å²) < 4.78 is 18.7. The van der Waals surface area contributed by atoms with Crippen molar-refractivity contribution in [1.82, 2.24) is 10.2 Å². The Morgan fingerprint density at radius 3 is 2.44 bits per heavy atom. The van der Waals surface area contributed by atoms with E-state index < -0.39 is 0 Å². The summed E-state index contributed by atoms with van der Waals surface area (Å²) in [6, 6.07) is 18.2. The van der Waals surface area contributed by atoms with Crippen LogP contribution in [-0.2, 0) is 22.7 Å². The van der Waals surface area contributed by atoms with E-state index in [1.165, 1.54) is 63.0 Å². The summed E-state index contributed by atoms with van der Waals surface area (Å²) in [5, 5.41) is 7.11. The molecule has 0 radical (unpaired) electrons. The van der Waals surface area contributed by atoms with Crippen LogP contribution >= 0.6 is 11.6 Å². The molecule has 8 heteroatoms. The molecule has 1 saturated heterocycles. The fraction of sp³-hybridized carbons (Fsp3) is 0.394. The van der Waals surface area contributed by atoms with Gasteiger partial charge in [0, 0.05) is 18.2 Å². The number of rotatable bonds is 8. The molecule has 2 aliphatic heterocycles. The number of hydrogen-bond donors (Lipinski definition) is 1. The molecular weight excluding hydrogens is 541 g/mol. The van der Waals surface area contributed by atoms with Crippen molar-refractivity contribution >= 4 is 23.2 Å². The maximum Gasteiger partial charge on any atom is 0.273 e. The highest BCUT2D eigenvalue weighted by molar-refractivity contribution is 6.45. The van der Waals surface area contributed by atoms with E-state index in [-0.39, 0.29) is 17.4 Å². The number of halogens is 2. The van der Waals surface area contributed by atoms with E-state index in [1.54, 1.807) is 19.2 Å². The Labute approximate surface area is 247 Å². The van der Waals surface area contributed by atoms with Crippen LogP contribution in [0.4, 0.5) is 4.39 Å². The number of fused-ring (bicyclic) bond motifs is 1. The van der Waals surface area contributed by atoms with Crippen molar-refractivity contribution in [3.8, 4) is 16.9 Å². The van der Waals surface area contributed by atoms with E-state index in [4.69, 9.17) is 21.2 Å². The average Bonchev–Trinajstić information content (AvgIpc) is 3.81. The summed E-state index contributed by atoms with van der Waals surface area (Å²) in [4.78, 5) is 19.4. The second-order valence-electron chi connectivity index (χ2n) is 10.1. The second kappa shape index (κ2) is 15.0. The van der Waals surface area contributed by atoms with Crippen molar-refractivity contribution in [2.24, 2.45) is 5.16 Å². The fourth-order valence-electron chi connectivity index (χ4n) is 4.54. The lowest BCUT2D eigenvalue weighted by molar-refractivity contribution is -0.114. The molecule has 0 atom stereocenters. The van der Waals surface area contributed by atoms with Gasteiger partial charge in [0.25, 0.3) is 5.91 Å². The van der Waals surface area contributed by atoms with Gasteiger partial charge in [-0.1, -0.05) is 60.9 Å². The van der Waals surface area contributed by atoms with E-state index in [1.807, 2.05) is 38.1 Å². The number of hydrogen-bond acceptors (Lipinski definition) is 5. The lowest BCUT2D eigenvalue weighted by atomic mass is 9.96. The molecule has 3 aliphatic rings. The van der Waals surface area contributed by atoms with Crippen LogP contribution in [-0.4, -0.2) is 49.3 Å². The van der Waals surface area contributed by atoms with Crippen LogP contribution in [0.1, 0.15) is 56.2 Å². The van der Waals surface area contributed by atoms with Gasteiger partial charge in [0.2, 0.25) is 0 Å². The van der Waals surface area contributed by atoms with Gasteiger partial charge in [-0.3, -0.25) is 4.79 Å². The number of nitrogens with one attached hydrogen (secondary N) is 1. The summed E-state index contributed by atoms with van der Waals surface area (Å²) in [7, 11) is 1.55. The molecule has 0 bridgehead atoms. The summed E-state index contributed by atoms with van der Waals surface area (Å²) in [6.45, 7) is 8.10. The summed E-state index contributed by atoms with van der Waals surface area (Å²) in [5.41, 5.74) is 5.07. The predicted octanol–water partition coefficient (Wildman–Crippen LogP) is 7.02. The molecule has 1 aliphatic carbocycles. The SMILES string of the molecule is CC.CNC(=O)C1=NOCc2cc(-c3ccc(F)cc3)ccc21.Clc1cc(CCCN2CCC2)ccc1OC1CC1. The number of ether oxygens (including phenoxy) is 1. The Balaban J connectivity index is 0.000000180. The van der Waals surface area contributed by atoms with E-state index in [0.717, 1.165) is 39.4 Å².